The van der Waals surface area contributed by atoms with E-state index in [4.69, 9.17) is 18.9 Å². The van der Waals surface area contributed by atoms with Gasteiger partial charge in [0.05, 0.1) is 5.56 Å². The molecular formula is C18H15NO5. The van der Waals surface area contributed by atoms with Crippen LogP contribution in [0.3, 0.4) is 0 Å². The summed E-state index contributed by atoms with van der Waals surface area (Å²) < 4.78 is 21.1. The zero-order chi connectivity index (χ0) is 16.9. The molecule has 0 bridgehead atoms. The van der Waals surface area contributed by atoms with E-state index in [9.17, 15) is 10.1 Å². The first-order valence-corrected chi connectivity index (χ1v) is 7.30. The van der Waals surface area contributed by atoms with Gasteiger partial charge in [0.2, 0.25) is 6.10 Å². The van der Waals surface area contributed by atoms with Gasteiger partial charge in [-0.3, -0.25) is 0 Å². The largest absolute Gasteiger partial charge is 0.488 e. The van der Waals surface area contributed by atoms with Gasteiger partial charge in [-0.25, -0.2) is 4.79 Å². The fourth-order valence-electron chi connectivity index (χ4n) is 2.47. The Balaban J connectivity index is 1.93. The molecule has 0 saturated carbocycles. The van der Waals surface area contributed by atoms with E-state index < -0.39 is 12.1 Å². The maximum atomic E-state index is 12.1. The van der Waals surface area contributed by atoms with Crippen LogP contribution in [0.5, 0.6) is 11.5 Å². The Kier molecular flexibility index (Phi) is 4.64. The molecule has 1 unspecified atom stereocenters. The van der Waals surface area contributed by atoms with Crippen molar-refractivity contribution in [1.82, 2.24) is 0 Å². The van der Waals surface area contributed by atoms with Gasteiger partial charge in [-0.15, -0.1) is 0 Å². The zero-order valence-electron chi connectivity index (χ0n) is 13.0. The van der Waals surface area contributed by atoms with Crippen LogP contribution in [-0.4, -0.2) is 19.9 Å². The van der Waals surface area contributed by atoms with E-state index in [0.717, 1.165) is 5.56 Å². The first kappa shape index (κ1) is 15.8. The molecule has 0 saturated heterocycles. The number of benzene rings is 2. The van der Waals surface area contributed by atoms with E-state index in [-0.39, 0.29) is 12.4 Å². The maximum absolute atomic E-state index is 12.1. The Morgan fingerprint density at radius 2 is 1.88 bits per heavy atom. The van der Waals surface area contributed by atoms with Crippen LogP contribution in [0.25, 0.3) is 0 Å². The van der Waals surface area contributed by atoms with E-state index in [1.165, 1.54) is 7.11 Å². The normalized spacial score (nSPS) is 15.3. The number of carbonyl (C=O) groups is 1. The maximum Gasteiger partial charge on any atom is 0.344 e. The number of methoxy groups -OCH3 is 1. The van der Waals surface area contributed by atoms with Crippen LogP contribution in [-0.2, 0) is 16.1 Å². The molecule has 1 heterocycles. The lowest BCUT2D eigenvalue weighted by molar-refractivity contribution is 0.0432. The quantitative estimate of drug-likeness (QED) is 0.600. The topological polar surface area (TPSA) is 77.8 Å². The minimum Gasteiger partial charge on any atom is -0.488 e. The van der Waals surface area contributed by atoms with Crippen LogP contribution in [0.2, 0.25) is 0 Å². The van der Waals surface area contributed by atoms with E-state index in [1.54, 1.807) is 12.1 Å². The molecule has 2 aromatic rings. The number of esters is 1. The van der Waals surface area contributed by atoms with Crippen LogP contribution in [0.1, 0.15) is 27.6 Å². The molecule has 1 atom stereocenters. The lowest BCUT2D eigenvalue weighted by Gasteiger charge is -2.13. The first-order valence-electron chi connectivity index (χ1n) is 7.30. The van der Waals surface area contributed by atoms with Crippen LogP contribution in [0, 0.1) is 11.3 Å². The van der Waals surface area contributed by atoms with Crippen molar-refractivity contribution in [3.63, 3.8) is 0 Å². The molecule has 0 spiro atoms. The number of nitriles is 1. The Hall–Kier alpha value is -3.04. The highest BCUT2D eigenvalue weighted by atomic mass is 16.7. The summed E-state index contributed by atoms with van der Waals surface area (Å²) in [5, 5.41) is 9.26. The second kappa shape index (κ2) is 7.02. The minimum atomic E-state index is -1.01. The third-order valence-electron chi connectivity index (χ3n) is 3.55. The molecular weight excluding hydrogens is 310 g/mol. The Morgan fingerprint density at radius 1 is 1.12 bits per heavy atom. The molecule has 3 rings (SSSR count). The van der Waals surface area contributed by atoms with Gasteiger partial charge in [0, 0.05) is 7.11 Å². The van der Waals surface area contributed by atoms with Gasteiger partial charge in [0.25, 0.3) is 0 Å². The number of rotatable bonds is 6. The van der Waals surface area contributed by atoms with Crippen LogP contribution < -0.4 is 9.47 Å². The van der Waals surface area contributed by atoms with Gasteiger partial charge in [0.15, 0.2) is 6.79 Å². The van der Waals surface area contributed by atoms with Crippen LogP contribution >= 0.6 is 0 Å². The highest BCUT2D eigenvalue weighted by molar-refractivity contribution is 5.98. The standard InChI is InChI=1S/C18H15NO5/c1-21-11-23-14-8-7-13(22-10-12-5-3-2-4-6-12)16-15(9-19)24-18(20)17(14)16/h2-8,15H,10-11H2,1H3. The lowest BCUT2D eigenvalue weighted by Crippen LogP contribution is -2.06. The summed E-state index contributed by atoms with van der Waals surface area (Å²) in [5.74, 6) is 0.130. The average molecular weight is 325 g/mol. The lowest BCUT2D eigenvalue weighted by atomic mass is 10.0. The first-order chi connectivity index (χ1) is 11.7. The fourth-order valence-corrected chi connectivity index (χ4v) is 2.47. The molecule has 6 heteroatoms. The average Bonchev–Trinajstić information content (AvgIpc) is 2.97. The van der Waals surface area contributed by atoms with Gasteiger partial charge in [0.1, 0.15) is 29.7 Å². The molecule has 2 aromatic carbocycles. The predicted octanol–water partition coefficient (Wildman–Crippen LogP) is 2.98. The molecule has 0 radical (unpaired) electrons. The Bertz CT molecular complexity index is 782. The van der Waals surface area contributed by atoms with Crippen molar-refractivity contribution in [2.24, 2.45) is 0 Å². The Morgan fingerprint density at radius 3 is 2.58 bits per heavy atom. The molecule has 1 aliphatic rings. The van der Waals surface area contributed by atoms with Crippen molar-refractivity contribution in [1.29, 1.82) is 5.26 Å². The van der Waals surface area contributed by atoms with Gasteiger partial charge in [-0.2, -0.15) is 5.26 Å². The molecule has 0 fully saturated rings. The second-order valence-corrected chi connectivity index (χ2v) is 5.09. The minimum absolute atomic E-state index is 0.0127. The third-order valence-corrected chi connectivity index (χ3v) is 3.55. The molecule has 122 valence electrons. The molecule has 0 amide bonds. The van der Waals surface area contributed by atoms with Crippen molar-refractivity contribution in [2.75, 3.05) is 13.9 Å². The highest BCUT2D eigenvalue weighted by Crippen LogP contribution is 2.42. The van der Waals surface area contributed by atoms with E-state index >= 15 is 0 Å². The number of hydrogen-bond acceptors (Lipinski definition) is 6. The second-order valence-electron chi connectivity index (χ2n) is 5.09. The molecule has 24 heavy (non-hydrogen) atoms. The summed E-state index contributed by atoms with van der Waals surface area (Å²) in [7, 11) is 1.48. The number of cyclic esters (lactones) is 1. The van der Waals surface area contributed by atoms with E-state index in [2.05, 4.69) is 0 Å². The van der Waals surface area contributed by atoms with Gasteiger partial charge in [-0.05, 0) is 17.7 Å². The number of carbonyl (C=O) groups excluding carboxylic acids is 1. The molecule has 1 aliphatic heterocycles. The summed E-state index contributed by atoms with van der Waals surface area (Å²) in [5.41, 5.74) is 1.58. The summed E-state index contributed by atoms with van der Waals surface area (Å²) in [4.78, 5) is 12.1. The van der Waals surface area contributed by atoms with Gasteiger partial charge < -0.3 is 18.9 Å². The zero-order valence-corrected chi connectivity index (χ0v) is 13.0. The number of hydrogen-bond donors (Lipinski definition) is 0. The molecule has 0 aliphatic carbocycles. The van der Waals surface area contributed by atoms with Gasteiger partial charge >= 0.3 is 5.97 Å². The van der Waals surface area contributed by atoms with Crippen molar-refractivity contribution in [3.05, 3.63) is 59.2 Å². The van der Waals surface area contributed by atoms with Crippen LogP contribution in [0.15, 0.2) is 42.5 Å². The summed E-state index contributed by atoms with van der Waals surface area (Å²) in [6.07, 6.45) is -1.01. The van der Waals surface area contributed by atoms with Crippen molar-refractivity contribution in [3.8, 4) is 17.6 Å². The summed E-state index contributed by atoms with van der Waals surface area (Å²) in [6, 6.07) is 14.8. The van der Waals surface area contributed by atoms with E-state index in [1.807, 2.05) is 36.4 Å². The van der Waals surface area contributed by atoms with Crippen molar-refractivity contribution >= 4 is 5.97 Å². The number of ether oxygens (including phenoxy) is 4. The summed E-state index contributed by atoms with van der Waals surface area (Å²) >= 11 is 0. The molecule has 0 N–H and O–H groups in total. The van der Waals surface area contributed by atoms with Gasteiger partial charge in [-0.1, -0.05) is 30.3 Å². The van der Waals surface area contributed by atoms with Crippen molar-refractivity contribution < 1.29 is 23.7 Å². The monoisotopic (exact) mass is 325 g/mol. The Labute approximate surface area is 139 Å². The summed E-state index contributed by atoms with van der Waals surface area (Å²) in [6.45, 7) is 0.305. The highest BCUT2D eigenvalue weighted by Gasteiger charge is 2.37. The van der Waals surface area contributed by atoms with Crippen molar-refractivity contribution in [2.45, 2.75) is 12.7 Å². The third kappa shape index (κ3) is 3.03. The van der Waals surface area contributed by atoms with E-state index in [0.29, 0.717) is 23.7 Å². The molecule has 6 nitrogen and oxygen atoms in total. The number of fused-ring (bicyclic) bond motifs is 1. The SMILES string of the molecule is COCOc1ccc(OCc2ccccc2)c2c1C(=O)OC2C#N. The predicted molar refractivity (Wildman–Crippen MR) is 83.5 cm³/mol. The number of nitrogens with zero attached hydrogens (tertiary/aromatic N) is 1. The smallest absolute Gasteiger partial charge is 0.344 e. The molecule has 0 aromatic heterocycles. The van der Waals surface area contributed by atoms with Crippen LogP contribution in [0.4, 0.5) is 0 Å². The fraction of sp³-hybridized carbons (Fsp3) is 0.222.